The number of aromatic nitrogens is 2. The molecule has 0 aromatic carbocycles. The Bertz CT molecular complexity index is 517. The van der Waals surface area contributed by atoms with Gasteiger partial charge in [-0.2, -0.15) is 5.10 Å². The number of nitrogens with one attached hydrogen (secondary N) is 1. The molecular formula is C16H23N3O2. The third-order valence-corrected chi connectivity index (χ3v) is 5.33. The van der Waals surface area contributed by atoms with Crippen LogP contribution in [0.3, 0.4) is 0 Å². The predicted octanol–water partition coefficient (Wildman–Crippen LogP) is 2.18. The van der Waals surface area contributed by atoms with E-state index in [-0.39, 0.29) is 5.91 Å². The Morgan fingerprint density at radius 3 is 2.76 bits per heavy atom. The average molecular weight is 289 g/mol. The fraction of sp³-hybridized carbons (Fsp3) is 0.750. The molecule has 5 nitrogen and oxygen atoms in total. The van der Waals surface area contributed by atoms with Crippen LogP contribution in [0.15, 0.2) is 6.20 Å². The second kappa shape index (κ2) is 5.44. The summed E-state index contributed by atoms with van der Waals surface area (Å²) in [7, 11) is 0. The molecule has 4 rings (SSSR count). The summed E-state index contributed by atoms with van der Waals surface area (Å²) in [6.45, 7) is 3.60. The first kappa shape index (κ1) is 13.3. The second-order valence-electron chi connectivity index (χ2n) is 6.72. The van der Waals surface area contributed by atoms with E-state index < -0.39 is 0 Å². The van der Waals surface area contributed by atoms with Crippen molar-refractivity contribution in [1.82, 2.24) is 15.1 Å². The molecule has 3 fully saturated rings. The van der Waals surface area contributed by atoms with Crippen molar-refractivity contribution in [2.75, 3.05) is 26.3 Å². The molecule has 2 saturated heterocycles. The van der Waals surface area contributed by atoms with Crippen molar-refractivity contribution in [3.63, 3.8) is 0 Å². The molecule has 1 unspecified atom stereocenters. The van der Waals surface area contributed by atoms with Crippen LogP contribution in [-0.4, -0.2) is 47.3 Å². The van der Waals surface area contributed by atoms with Crippen molar-refractivity contribution in [2.45, 2.75) is 38.0 Å². The zero-order valence-electron chi connectivity index (χ0n) is 12.4. The van der Waals surface area contributed by atoms with Gasteiger partial charge in [-0.25, -0.2) is 0 Å². The van der Waals surface area contributed by atoms with Gasteiger partial charge in [-0.05, 0) is 43.9 Å². The van der Waals surface area contributed by atoms with Crippen LogP contribution in [0.1, 0.15) is 54.1 Å². The van der Waals surface area contributed by atoms with Gasteiger partial charge in [-0.15, -0.1) is 0 Å². The van der Waals surface area contributed by atoms with Crippen LogP contribution in [0.2, 0.25) is 0 Å². The first-order valence-corrected chi connectivity index (χ1v) is 8.23. The standard InChI is InChI=1S/C16H23N3O2/c20-16(14-9-17-18-15(14)12-1-2-12)19-6-3-13(10-19)11-4-7-21-8-5-11/h9,11-13H,1-8,10H2,(H,17,18). The maximum absolute atomic E-state index is 12.7. The SMILES string of the molecule is O=C(c1cn[nH]c1C1CC1)N1CCC(C2CCOCC2)C1. The molecule has 114 valence electrons. The summed E-state index contributed by atoms with van der Waals surface area (Å²) in [6.07, 6.45) is 7.56. The molecule has 2 aliphatic heterocycles. The van der Waals surface area contributed by atoms with Crippen molar-refractivity contribution in [3.05, 3.63) is 17.5 Å². The smallest absolute Gasteiger partial charge is 0.257 e. The molecule has 1 atom stereocenters. The van der Waals surface area contributed by atoms with Gasteiger partial charge in [0, 0.05) is 32.2 Å². The number of nitrogens with zero attached hydrogens (tertiary/aromatic N) is 2. The minimum Gasteiger partial charge on any atom is -0.381 e. The average Bonchev–Trinajstić information content (AvgIpc) is 3.06. The number of carbonyl (C=O) groups is 1. The highest BCUT2D eigenvalue weighted by molar-refractivity contribution is 5.95. The molecule has 0 spiro atoms. The Morgan fingerprint density at radius 1 is 1.19 bits per heavy atom. The molecule has 3 heterocycles. The summed E-state index contributed by atoms with van der Waals surface area (Å²) in [4.78, 5) is 14.8. The summed E-state index contributed by atoms with van der Waals surface area (Å²) < 4.78 is 5.45. The number of H-pyrrole nitrogens is 1. The van der Waals surface area contributed by atoms with Crippen LogP contribution < -0.4 is 0 Å². The molecule has 1 N–H and O–H groups in total. The lowest BCUT2D eigenvalue weighted by molar-refractivity contribution is 0.0471. The molecule has 1 aromatic rings. The Kier molecular flexibility index (Phi) is 3.45. The van der Waals surface area contributed by atoms with Gasteiger partial charge in [0.05, 0.1) is 17.5 Å². The molecule has 0 bridgehead atoms. The van der Waals surface area contributed by atoms with Gasteiger partial charge in [0.25, 0.3) is 5.91 Å². The minimum absolute atomic E-state index is 0.181. The second-order valence-corrected chi connectivity index (χ2v) is 6.72. The summed E-state index contributed by atoms with van der Waals surface area (Å²) in [5.41, 5.74) is 1.87. The van der Waals surface area contributed by atoms with E-state index in [9.17, 15) is 4.79 Å². The van der Waals surface area contributed by atoms with E-state index in [1.54, 1.807) is 6.20 Å². The van der Waals surface area contributed by atoms with Gasteiger partial charge in [-0.3, -0.25) is 9.89 Å². The van der Waals surface area contributed by atoms with Crippen molar-refractivity contribution in [2.24, 2.45) is 11.8 Å². The fourth-order valence-electron chi connectivity index (χ4n) is 3.86. The van der Waals surface area contributed by atoms with E-state index in [1.165, 1.54) is 12.8 Å². The first-order valence-electron chi connectivity index (χ1n) is 8.23. The van der Waals surface area contributed by atoms with Gasteiger partial charge in [0.1, 0.15) is 0 Å². The highest BCUT2D eigenvalue weighted by Crippen LogP contribution is 2.41. The third-order valence-electron chi connectivity index (χ3n) is 5.33. The number of aromatic amines is 1. The van der Waals surface area contributed by atoms with E-state index >= 15 is 0 Å². The van der Waals surface area contributed by atoms with E-state index in [0.717, 1.165) is 62.7 Å². The molecule has 0 radical (unpaired) electrons. The third kappa shape index (κ3) is 2.59. The summed E-state index contributed by atoms with van der Waals surface area (Å²) in [5.74, 6) is 2.12. The molecule has 1 aliphatic carbocycles. The fourth-order valence-corrected chi connectivity index (χ4v) is 3.86. The molecule has 3 aliphatic rings. The van der Waals surface area contributed by atoms with Crippen LogP contribution in [-0.2, 0) is 4.74 Å². The lowest BCUT2D eigenvalue weighted by atomic mass is 9.85. The van der Waals surface area contributed by atoms with Crippen LogP contribution >= 0.6 is 0 Å². The highest BCUT2D eigenvalue weighted by Gasteiger charge is 2.36. The first-order chi connectivity index (χ1) is 10.3. The van der Waals surface area contributed by atoms with Crippen LogP contribution in [0.4, 0.5) is 0 Å². The number of rotatable bonds is 3. The zero-order valence-corrected chi connectivity index (χ0v) is 12.4. The quantitative estimate of drug-likeness (QED) is 0.928. The van der Waals surface area contributed by atoms with Crippen LogP contribution in [0.25, 0.3) is 0 Å². The summed E-state index contributed by atoms with van der Waals surface area (Å²) in [5, 5.41) is 7.13. The van der Waals surface area contributed by atoms with Crippen molar-refractivity contribution in [1.29, 1.82) is 0 Å². The van der Waals surface area contributed by atoms with E-state index in [4.69, 9.17) is 4.74 Å². The Balaban J connectivity index is 1.42. The minimum atomic E-state index is 0.181. The number of hydrogen-bond donors (Lipinski definition) is 1. The Labute approximate surface area is 125 Å². The lowest BCUT2D eigenvalue weighted by Crippen LogP contribution is -2.31. The van der Waals surface area contributed by atoms with Gasteiger partial charge in [-0.1, -0.05) is 0 Å². The number of amides is 1. The topological polar surface area (TPSA) is 58.2 Å². The molecule has 1 aromatic heterocycles. The Hall–Kier alpha value is -1.36. The monoisotopic (exact) mass is 289 g/mol. The van der Waals surface area contributed by atoms with Crippen molar-refractivity contribution >= 4 is 5.91 Å². The number of carbonyl (C=O) groups excluding carboxylic acids is 1. The van der Waals surface area contributed by atoms with Gasteiger partial charge < -0.3 is 9.64 Å². The zero-order chi connectivity index (χ0) is 14.2. The maximum atomic E-state index is 12.7. The maximum Gasteiger partial charge on any atom is 0.257 e. The number of ether oxygens (including phenoxy) is 1. The van der Waals surface area contributed by atoms with E-state index in [1.807, 2.05) is 4.90 Å². The molecule has 5 heteroatoms. The van der Waals surface area contributed by atoms with E-state index in [2.05, 4.69) is 10.2 Å². The number of likely N-dealkylation sites (tertiary alicyclic amines) is 1. The number of hydrogen-bond acceptors (Lipinski definition) is 3. The van der Waals surface area contributed by atoms with Gasteiger partial charge in [0.15, 0.2) is 0 Å². The molecule has 1 amide bonds. The predicted molar refractivity (Wildman–Crippen MR) is 78.1 cm³/mol. The summed E-state index contributed by atoms with van der Waals surface area (Å²) >= 11 is 0. The van der Waals surface area contributed by atoms with Crippen molar-refractivity contribution < 1.29 is 9.53 Å². The van der Waals surface area contributed by atoms with Gasteiger partial charge in [0.2, 0.25) is 0 Å². The molecule has 1 saturated carbocycles. The highest BCUT2D eigenvalue weighted by atomic mass is 16.5. The largest absolute Gasteiger partial charge is 0.381 e. The normalized spacial score (nSPS) is 27.2. The lowest BCUT2D eigenvalue weighted by Gasteiger charge is -2.27. The Morgan fingerprint density at radius 2 is 2.00 bits per heavy atom. The van der Waals surface area contributed by atoms with Gasteiger partial charge >= 0.3 is 0 Å². The summed E-state index contributed by atoms with van der Waals surface area (Å²) in [6, 6.07) is 0. The molecule has 21 heavy (non-hydrogen) atoms. The van der Waals surface area contributed by atoms with Crippen LogP contribution in [0, 0.1) is 11.8 Å². The van der Waals surface area contributed by atoms with Crippen molar-refractivity contribution in [3.8, 4) is 0 Å². The molecular weight excluding hydrogens is 266 g/mol. The van der Waals surface area contributed by atoms with Crippen LogP contribution in [0.5, 0.6) is 0 Å². The van der Waals surface area contributed by atoms with E-state index in [0.29, 0.717) is 11.8 Å².